The van der Waals surface area contributed by atoms with Gasteiger partial charge in [-0.15, -0.1) is 0 Å². The standard InChI is InChI=1S/C27H22N2O8/c30-22(14-1-5-16(6-2-14)37-17-7-3-15(4-8-17)29(34)35)13-36-23(31)12-28-26(32)24-18-9-10-19(21-11-20(18)21)25(24)27(28)33/h1-10,18-21,24-25H,11-13H2/t18-,19-,20-,21+,24-,25+/m1/s1. The third-order valence-corrected chi connectivity index (χ3v) is 7.87. The minimum atomic E-state index is -0.808. The number of ketones is 1. The zero-order valence-corrected chi connectivity index (χ0v) is 19.5. The predicted molar refractivity (Wildman–Crippen MR) is 126 cm³/mol. The molecule has 37 heavy (non-hydrogen) atoms. The molecule has 4 aliphatic carbocycles. The van der Waals surface area contributed by atoms with Crippen LogP contribution in [0.25, 0.3) is 0 Å². The molecule has 10 nitrogen and oxygen atoms in total. The molecule has 10 heteroatoms. The molecule has 0 aromatic heterocycles. The second-order valence-corrected chi connectivity index (χ2v) is 9.88. The monoisotopic (exact) mass is 502 g/mol. The molecule has 188 valence electrons. The maximum Gasteiger partial charge on any atom is 0.326 e. The first kappa shape index (κ1) is 23.1. The first-order chi connectivity index (χ1) is 17.8. The maximum atomic E-state index is 13.0. The Kier molecular flexibility index (Phi) is 5.40. The van der Waals surface area contributed by atoms with Crippen molar-refractivity contribution in [3.8, 4) is 11.5 Å². The molecule has 2 amide bonds. The van der Waals surface area contributed by atoms with Crippen LogP contribution in [0.15, 0.2) is 60.7 Å². The average Bonchev–Trinajstić information content (AvgIpc) is 3.69. The van der Waals surface area contributed by atoms with Gasteiger partial charge in [0.05, 0.1) is 16.8 Å². The van der Waals surface area contributed by atoms with Crippen molar-refractivity contribution < 1.29 is 33.6 Å². The van der Waals surface area contributed by atoms with Gasteiger partial charge in [-0.1, -0.05) is 12.2 Å². The van der Waals surface area contributed by atoms with Gasteiger partial charge in [0.25, 0.3) is 5.69 Å². The molecule has 1 aliphatic heterocycles. The Balaban J connectivity index is 1.01. The number of ether oxygens (including phenoxy) is 2. The summed E-state index contributed by atoms with van der Waals surface area (Å²) in [6.45, 7) is -1.02. The lowest BCUT2D eigenvalue weighted by Gasteiger charge is -2.37. The van der Waals surface area contributed by atoms with Crippen molar-refractivity contribution in [3.05, 3.63) is 76.4 Å². The molecular weight excluding hydrogens is 480 g/mol. The normalized spacial score (nSPS) is 28.5. The van der Waals surface area contributed by atoms with Gasteiger partial charge in [-0.05, 0) is 66.5 Å². The highest BCUT2D eigenvalue weighted by molar-refractivity contribution is 6.08. The van der Waals surface area contributed by atoms with E-state index in [1.807, 2.05) is 0 Å². The zero-order valence-electron chi connectivity index (χ0n) is 19.5. The minimum Gasteiger partial charge on any atom is -0.457 e. The second-order valence-electron chi connectivity index (χ2n) is 9.88. The molecule has 2 aromatic rings. The summed E-state index contributed by atoms with van der Waals surface area (Å²) >= 11 is 0. The van der Waals surface area contributed by atoms with E-state index in [1.54, 1.807) is 12.1 Å². The minimum absolute atomic E-state index is 0.0553. The van der Waals surface area contributed by atoms with Gasteiger partial charge in [-0.2, -0.15) is 0 Å². The molecule has 0 N–H and O–H groups in total. The summed E-state index contributed by atoms with van der Waals surface area (Å²) in [5.41, 5.74) is 0.227. The smallest absolute Gasteiger partial charge is 0.326 e. The van der Waals surface area contributed by atoms with Crippen molar-refractivity contribution in [1.29, 1.82) is 0 Å². The summed E-state index contributed by atoms with van der Waals surface area (Å²) in [6, 6.07) is 11.7. The van der Waals surface area contributed by atoms with Crippen molar-refractivity contribution in [2.45, 2.75) is 6.42 Å². The highest BCUT2D eigenvalue weighted by atomic mass is 16.6. The SMILES string of the molecule is O=C(CN1C(=O)[C@@H]2[C@@H]3C=C[C@H]([C@@H]4C[C@H]34)[C@@H]2C1=O)OCC(=O)c1ccc(Oc2ccc([N+](=O)[O-])cc2)cc1. The molecule has 5 aliphatic rings. The van der Waals surface area contributed by atoms with Crippen LogP contribution < -0.4 is 4.74 Å². The highest BCUT2D eigenvalue weighted by Crippen LogP contribution is 2.65. The van der Waals surface area contributed by atoms with E-state index >= 15 is 0 Å². The maximum absolute atomic E-state index is 13.0. The number of carbonyl (C=O) groups is 4. The van der Waals surface area contributed by atoms with E-state index in [9.17, 15) is 29.3 Å². The number of hydrogen-bond acceptors (Lipinski definition) is 8. The number of imide groups is 1. The van der Waals surface area contributed by atoms with Crippen molar-refractivity contribution in [1.82, 2.24) is 4.90 Å². The predicted octanol–water partition coefficient (Wildman–Crippen LogP) is 3.17. The van der Waals surface area contributed by atoms with Crippen molar-refractivity contribution >= 4 is 29.3 Å². The van der Waals surface area contributed by atoms with Gasteiger partial charge in [-0.3, -0.25) is 34.2 Å². The lowest BCUT2D eigenvalue weighted by atomic mass is 9.63. The Bertz CT molecular complexity index is 1310. The van der Waals surface area contributed by atoms with Gasteiger partial charge in [0.2, 0.25) is 11.8 Å². The molecule has 2 aromatic carbocycles. The average molecular weight is 502 g/mol. The highest BCUT2D eigenvalue weighted by Gasteiger charge is 2.67. The molecule has 2 saturated carbocycles. The van der Waals surface area contributed by atoms with E-state index < -0.39 is 29.8 Å². The van der Waals surface area contributed by atoms with Crippen LogP contribution >= 0.6 is 0 Å². The number of nitrogens with zero attached hydrogens (tertiary/aromatic N) is 2. The van der Waals surface area contributed by atoms with E-state index in [2.05, 4.69) is 12.2 Å². The van der Waals surface area contributed by atoms with Gasteiger partial charge in [0, 0.05) is 17.7 Å². The first-order valence-corrected chi connectivity index (χ1v) is 12.1. The van der Waals surface area contributed by atoms with E-state index in [1.165, 1.54) is 36.4 Å². The lowest BCUT2D eigenvalue weighted by Crippen LogP contribution is -2.40. The van der Waals surface area contributed by atoms with E-state index in [0.717, 1.165) is 11.3 Å². The quantitative estimate of drug-likeness (QED) is 0.134. The summed E-state index contributed by atoms with van der Waals surface area (Å²) < 4.78 is 10.7. The molecule has 0 spiro atoms. The first-order valence-electron chi connectivity index (χ1n) is 12.1. The Morgan fingerprint density at radius 2 is 1.43 bits per heavy atom. The molecular formula is C27H22N2O8. The number of esters is 1. The topological polar surface area (TPSA) is 133 Å². The molecule has 1 heterocycles. The van der Waals surface area contributed by atoms with Crippen LogP contribution in [0.3, 0.4) is 0 Å². The third-order valence-electron chi connectivity index (χ3n) is 7.87. The third kappa shape index (κ3) is 3.98. The fraction of sp³-hybridized carbons (Fsp3) is 0.333. The number of nitro benzene ring substituents is 1. The van der Waals surface area contributed by atoms with Crippen molar-refractivity contribution in [2.75, 3.05) is 13.2 Å². The zero-order chi connectivity index (χ0) is 25.8. The second kappa shape index (κ2) is 8.65. The van der Waals surface area contributed by atoms with Crippen LogP contribution in [0.2, 0.25) is 0 Å². The fourth-order valence-corrected chi connectivity index (χ4v) is 6.06. The molecule has 3 fully saturated rings. The summed E-state index contributed by atoms with van der Waals surface area (Å²) in [4.78, 5) is 62.1. The Hall–Kier alpha value is -4.34. The summed E-state index contributed by atoms with van der Waals surface area (Å²) in [5.74, 6) is -0.744. The van der Waals surface area contributed by atoms with Crippen molar-refractivity contribution in [2.24, 2.45) is 35.5 Å². The number of nitro groups is 1. The van der Waals surface area contributed by atoms with E-state index in [-0.39, 0.29) is 46.7 Å². The van der Waals surface area contributed by atoms with Crippen LogP contribution in [0.1, 0.15) is 16.8 Å². The number of hydrogen-bond donors (Lipinski definition) is 0. The molecule has 7 rings (SSSR count). The number of benzene rings is 2. The van der Waals surface area contributed by atoms with Gasteiger partial charge in [-0.25, -0.2) is 0 Å². The number of carbonyl (C=O) groups excluding carboxylic acids is 4. The van der Waals surface area contributed by atoms with Crippen LogP contribution in [0, 0.1) is 45.6 Å². The van der Waals surface area contributed by atoms with Gasteiger partial charge in [0.1, 0.15) is 18.0 Å². The molecule has 0 radical (unpaired) electrons. The fourth-order valence-electron chi connectivity index (χ4n) is 6.06. The Morgan fingerprint density at radius 3 is 1.97 bits per heavy atom. The molecule has 2 bridgehead atoms. The molecule has 1 saturated heterocycles. The van der Waals surface area contributed by atoms with E-state index in [4.69, 9.17) is 9.47 Å². The summed E-state index contributed by atoms with van der Waals surface area (Å²) in [6.07, 6.45) is 5.19. The van der Waals surface area contributed by atoms with Gasteiger partial charge < -0.3 is 9.47 Å². The number of likely N-dealkylation sites (tertiary alicyclic amines) is 1. The number of Topliss-reactive ketones (excluding diaryl/α,β-unsaturated/α-hetero) is 1. The van der Waals surface area contributed by atoms with E-state index in [0.29, 0.717) is 23.3 Å². The Labute approximate surface area is 211 Å². The van der Waals surface area contributed by atoms with Crippen LogP contribution in [0.4, 0.5) is 5.69 Å². The summed E-state index contributed by atoms with van der Waals surface area (Å²) in [5, 5.41) is 10.7. The number of amides is 2. The largest absolute Gasteiger partial charge is 0.457 e. The van der Waals surface area contributed by atoms with Crippen molar-refractivity contribution in [3.63, 3.8) is 0 Å². The lowest BCUT2D eigenvalue weighted by molar-refractivity contribution is -0.384. The molecule has 0 unspecified atom stereocenters. The number of allylic oxidation sites excluding steroid dienone is 2. The number of rotatable bonds is 8. The molecule has 6 atom stereocenters. The summed E-state index contributed by atoms with van der Waals surface area (Å²) in [7, 11) is 0. The van der Waals surface area contributed by atoms with Gasteiger partial charge in [0.15, 0.2) is 12.4 Å². The van der Waals surface area contributed by atoms with Crippen LogP contribution in [-0.2, 0) is 19.1 Å². The Morgan fingerprint density at radius 1 is 0.892 bits per heavy atom. The number of non-ortho nitro benzene ring substituents is 1. The van der Waals surface area contributed by atoms with Crippen LogP contribution in [0.5, 0.6) is 11.5 Å². The van der Waals surface area contributed by atoms with Crippen LogP contribution in [-0.4, -0.2) is 46.5 Å². The van der Waals surface area contributed by atoms with Gasteiger partial charge >= 0.3 is 5.97 Å².